The van der Waals surface area contributed by atoms with Gasteiger partial charge in [0, 0.05) is 25.8 Å². The van der Waals surface area contributed by atoms with E-state index >= 15 is 0 Å². The molecule has 32 heavy (non-hydrogen) atoms. The lowest BCUT2D eigenvalue weighted by Gasteiger charge is -2.08. The smallest absolute Gasteiger partial charge is 0.303 e. The maximum Gasteiger partial charge on any atom is 0.303 e. The number of hydrogen-bond donors (Lipinski definition) is 2. The summed E-state index contributed by atoms with van der Waals surface area (Å²) in [6.07, 6.45) is 10.2. The van der Waals surface area contributed by atoms with Crippen molar-refractivity contribution in [2.75, 3.05) is 59.4 Å². The summed E-state index contributed by atoms with van der Waals surface area (Å²) in [4.78, 5) is 32.3. The van der Waals surface area contributed by atoms with Crippen LogP contribution in [0.4, 0.5) is 0 Å². The number of carboxylic acids is 1. The number of aldehydes is 1. The molecular formula is C23H43NO8. The van der Waals surface area contributed by atoms with Gasteiger partial charge in [0.05, 0.1) is 52.9 Å². The second-order valence-electron chi connectivity index (χ2n) is 7.48. The number of ether oxygens (including phenoxy) is 4. The molecule has 0 saturated heterocycles. The van der Waals surface area contributed by atoms with Gasteiger partial charge in [0.15, 0.2) is 0 Å². The lowest BCUT2D eigenvalue weighted by atomic mass is 10.1. The molecule has 0 bridgehead atoms. The number of carbonyl (C=O) groups is 3. The molecule has 9 nitrogen and oxygen atoms in total. The maximum atomic E-state index is 11.8. The van der Waals surface area contributed by atoms with Crippen molar-refractivity contribution >= 4 is 18.2 Å². The number of rotatable bonds is 26. The SMILES string of the molecule is O=CCCOCCOCCOCCOCCNC(=O)CCCCCCCCCCC(=O)O. The highest BCUT2D eigenvalue weighted by Crippen LogP contribution is 2.10. The zero-order valence-corrected chi connectivity index (χ0v) is 19.5. The molecule has 188 valence electrons. The summed E-state index contributed by atoms with van der Waals surface area (Å²) in [6.45, 7) is 4.27. The average Bonchev–Trinajstić information content (AvgIpc) is 2.77. The Balaban J connectivity index is 3.16. The second kappa shape index (κ2) is 25.7. The van der Waals surface area contributed by atoms with Gasteiger partial charge in [-0.3, -0.25) is 9.59 Å². The Morgan fingerprint density at radius 1 is 0.625 bits per heavy atom. The predicted molar refractivity (Wildman–Crippen MR) is 121 cm³/mol. The van der Waals surface area contributed by atoms with Crippen LogP contribution in [0.25, 0.3) is 0 Å². The van der Waals surface area contributed by atoms with Gasteiger partial charge in [-0.25, -0.2) is 0 Å². The van der Waals surface area contributed by atoms with Crippen LogP contribution in [0, 0.1) is 0 Å². The molecule has 0 aromatic rings. The summed E-state index contributed by atoms with van der Waals surface area (Å²) < 4.78 is 21.3. The third-order valence-corrected chi connectivity index (χ3v) is 4.61. The number of hydrogen-bond acceptors (Lipinski definition) is 7. The molecule has 0 heterocycles. The Labute approximate surface area is 192 Å². The van der Waals surface area contributed by atoms with Gasteiger partial charge in [-0.2, -0.15) is 0 Å². The van der Waals surface area contributed by atoms with Gasteiger partial charge in [-0.1, -0.05) is 38.5 Å². The lowest BCUT2D eigenvalue weighted by Crippen LogP contribution is -2.27. The molecular weight excluding hydrogens is 418 g/mol. The molecule has 0 aliphatic heterocycles. The summed E-state index contributed by atoms with van der Waals surface area (Å²) in [7, 11) is 0. The van der Waals surface area contributed by atoms with Gasteiger partial charge >= 0.3 is 5.97 Å². The number of unbranched alkanes of at least 4 members (excludes halogenated alkanes) is 7. The zero-order valence-electron chi connectivity index (χ0n) is 19.5. The highest BCUT2D eigenvalue weighted by molar-refractivity contribution is 5.75. The third-order valence-electron chi connectivity index (χ3n) is 4.61. The van der Waals surface area contributed by atoms with Crippen LogP contribution < -0.4 is 5.32 Å². The Bertz CT molecular complexity index is 448. The van der Waals surface area contributed by atoms with Gasteiger partial charge in [-0.05, 0) is 12.8 Å². The average molecular weight is 462 g/mol. The summed E-state index contributed by atoms with van der Waals surface area (Å²) in [6, 6.07) is 0. The largest absolute Gasteiger partial charge is 0.481 e. The van der Waals surface area contributed by atoms with Gasteiger partial charge < -0.3 is 34.2 Å². The first-order valence-corrected chi connectivity index (χ1v) is 11.9. The number of carbonyl (C=O) groups excluding carboxylic acids is 2. The van der Waals surface area contributed by atoms with E-state index in [9.17, 15) is 14.4 Å². The van der Waals surface area contributed by atoms with Crippen molar-refractivity contribution in [3.05, 3.63) is 0 Å². The standard InChI is InChI=1S/C23H43NO8/c25-13-9-14-29-16-18-31-20-21-32-19-17-30-15-12-24-22(26)10-7-5-3-1-2-4-6-8-11-23(27)28/h13H,1-12,14-21H2,(H,24,26)(H,27,28). The fourth-order valence-electron chi connectivity index (χ4n) is 2.87. The number of aliphatic carboxylic acids is 1. The molecule has 0 aliphatic rings. The van der Waals surface area contributed by atoms with E-state index in [2.05, 4.69) is 5.32 Å². The molecule has 2 N–H and O–H groups in total. The van der Waals surface area contributed by atoms with E-state index in [1.54, 1.807) is 0 Å². The first-order valence-electron chi connectivity index (χ1n) is 11.9. The minimum Gasteiger partial charge on any atom is -0.481 e. The van der Waals surface area contributed by atoms with Crippen LogP contribution in [-0.2, 0) is 33.3 Å². The highest BCUT2D eigenvalue weighted by atomic mass is 16.6. The first-order chi connectivity index (χ1) is 15.7. The molecule has 0 saturated carbocycles. The molecule has 0 atom stereocenters. The molecule has 0 rings (SSSR count). The van der Waals surface area contributed by atoms with Gasteiger partial charge in [0.2, 0.25) is 5.91 Å². The van der Waals surface area contributed by atoms with E-state index in [0.717, 1.165) is 57.7 Å². The third kappa shape index (κ3) is 26.5. The first kappa shape index (κ1) is 30.4. The topological polar surface area (TPSA) is 120 Å². The van der Waals surface area contributed by atoms with Crippen LogP contribution in [-0.4, -0.2) is 82.7 Å². The van der Waals surface area contributed by atoms with Crippen LogP contribution >= 0.6 is 0 Å². The summed E-state index contributed by atoms with van der Waals surface area (Å²) in [5.74, 6) is -0.654. The highest BCUT2D eigenvalue weighted by Gasteiger charge is 2.01. The lowest BCUT2D eigenvalue weighted by molar-refractivity contribution is -0.137. The van der Waals surface area contributed by atoms with E-state index in [1.165, 1.54) is 0 Å². The molecule has 9 heteroatoms. The number of nitrogens with one attached hydrogen (secondary N) is 1. The molecule has 1 amide bonds. The number of amides is 1. The molecule has 0 aromatic carbocycles. The van der Waals surface area contributed by atoms with E-state index in [0.29, 0.717) is 72.2 Å². The Kier molecular flexibility index (Phi) is 24.5. The Morgan fingerprint density at radius 3 is 1.56 bits per heavy atom. The Morgan fingerprint density at radius 2 is 1.06 bits per heavy atom. The monoisotopic (exact) mass is 461 g/mol. The second-order valence-corrected chi connectivity index (χ2v) is 7.48. The van der Waals surface area contributed by atoms with Crippen molar-refractivity contribution in [3.8, 4) is 0 Å². The van der Waals surface area contributed by atoms with Crippen LogP contribution in [0.5, 0.6) is 0 Å². The van der Waals surface area contributed by atoms with Crippen molar-refractivity contribution in [2.24, 2.45) is 0 Å². The minimum atomic E-state index is -0.715. The molecule has 0 aliphatic carbocycles. The summed E-state index contributed by atoms with van der Waals surface area (Å²) in [5.41, 5.74) is 0. The van der Waals surface area contributed by atoms with Crippen LogP contribution in [0.3, 0.4) is 0 Å². The molecule has 0 spiro atoms. The maximum absolute atomic E-state index is 11.8. The molecule has 0 radical (unpaired) electrons. The van der Waals surface area contributed by atoms with Gasteiger partial charge in [0.1, 0.15) is 6.29 Å². The van der Waals surface area contributed by atoms with Crippen LogP contribution in [0.15, 0.2) is 0 Å². The van der Waals surface area contributed by atoms with Crippen LogP contribution in [0.2, 0.25) is 0 Å². The fourth-order valence-corrected chi connectivity index (χ4v) is 2.87. The van der Waals surface area contributed by atoms with E-state index in [1.807, 2.05) is 0 Å². The quantitative estimate of drug-likeness (QED) is 0.149. The molecule has 0 unspecified atom stereocenters. The molecule has 0 fully saturated rings. The van der Waals surface area contributed by atoms with Crippen molar-refractivity contribution < 1.29 is 38.4 Å². The van der Waals surface area contributed by atoms with E-state index < -0.39 is 5.97 Å². The fraction of sp³-hybridized carbons (Fsp3) is 0.870. The zero-order chi connectivity index (χ0) is 23.5. The van der Waals surface area contributed by atoms with Gasteiger partial charge in [-0.15, -0.1) is 0 Å². The summed E-state index contributed by atoms with van der Waals surface area (Å²) >= 11 is 0. The van der Waals surface area contributed by atoms with Crippen molar-refractivity contribution in [2.45, 2.75) is 70.6 Å². The van der Waals surface area contributed by atoms with E-state index in [4.69, 9.17) is 24.1 Å². The van der Waals surface area contributed by atoms with E-state index in [-0.39, 0.29) is 12.3 Å². The summed E-state index contributed by atoms with van der Waals surface area (Å²) in [5, 5.41) is 11.4. The predicted octanol–water partition coefficient (Wildman–Crippen LogP) is 2.74. The van der Waals surface area contributed by atoms with Gasteiger partial charge in [0.25, 0.3) is 0 Å². The van der Waals surface area contributed by atoms with Crippen molar-refractivity contribution in [3.63, 3.8) is 0 Å². The number of carboxylic acid groups (broad SMARTS) is 1. The van der Waals surface area contributed by atoms with Crippen LogP contribution in [0.1, 0.15) is 70.6 Å². The Hall–Kier alpha value is -1.55. The minimum absolute atomic E-state index is 0.0609. The van der Waals surface area contributed by atoms with Crippen molar-refractivity contribution in [1.29, 1.82) is 0 Å². The van der Waals surface area contributed by atoms with Crippen molar-refractivity contribution in [1.82, 2.24) is 5.32 Å². The normalized spacial score (nSPS) is 10.9. The molecule has 0 aromatic heterocycles.